The second kappa shape index (κ2) is 6.24. The van der Waals surface area contributed by atoms with Gasteiger partial charge in [-0.3, -0.25) is 5.32 Å². The summed E-state index contributed by atoms with van der Waals surface area (Å²) in [4.78, 5) is 0. The number of thioether (sulfide) groups is 2. The van der Waals surface area contributed by atoms with E-state index in [0.717, 1.165) is 20.9 Å². The molecule has 7 heteroatoms. The molecule has 1 aromatic rings. The highest BCUT2D eigenvalue weighted by atomic mass is 32.2. The Kier molecular flexibility index (Phi) is 4.90. The lowest BCUT2D eigenvalue weighted by atomic mass is 10.0. The highest BCUT2D eigenvalue weighted by molar-refractivity contribution is 8.02. The van der Waals surface area contributed by atoms with Crippen LogP contribution in [0.1, 0.15) is 26.2 Å². The molecule has 1 aromatic heterocycles. The maximum absolute atomic E-state index is 9.25. The lowest BCUT2D eigenvalue weighted by Gasteiger charge is -2.22. The van der Waals surface area contributed by atoms with Gasteiger partial charge in [0.05, 0.1) is 6.07 Å². The lowest BCUT2D eigenvalue weighted by molar-refractivity contribution is 0.434. The third-order valence-electron chi connectivity index (χ3n) is 2.74. The summed E-state index contributed by atoms with van der Waals surface area (Å²) in [5, 5.41) is 20.8. The van der Waals surface area contributed by atoms with Crippen molar-refractivity contribution >= 4 is 34.9 Å². The Morgan fingerprint density at radius 2 is 2.22 bits per heavy atom. The SMILES string of the molecule is CSc1nnc(SCCC(C)(C#N)NC2CC2)s1. The molecule has 1 atom stereocenters. The van der Waals surface area contributed by atoms with Crippen LogP contribution >= 0.6 is 34.9 Å². The van der Waals surface area contributed by atoms with Gasteiger partial charge in [0.2, 0.25) is 0 Å². The van der Waals surface area contributed by atoms with E-state index in [9.17, 15) is 5.26 Å². The Morgan fingerprint density at radius 3 is 2.78 bits per heavy atom. The number of hydrogen-bond acceptors (Lipinski definition) is 7. The van der Waals surface area contributed by atoms with Gasteiger partial charge in [0.25, 0.3) is 0 Å². The van der Waals surface area contributed by atoms with E-state index in [4.69, 9.17) is 0 Å². The van der Waals surface area contributed by atoms with Crippen LogP contribution < -0.4 is 5.32 Å². The first-order chi connectivity index (χ1) is 8.65. The van der Waals surface area contributed by atoms with E-state index in [1.807, 2.05) is 13.2 Å². The van der Waals surface area contributed by atoms with Crippen molar-refractivity contribution in [2.75, 3.05) is 12.0 Å². The zero-order chi connectivity index (χ0) is 13.0. The van der Waals surface area contributed by atoms with Gasteiger partial charge in [-0.2, -0.15) is 5.26 Å². The molecule has 1 N–H and O–H groups in total. The van der Waals surface area contributed by atoms with Crippen LogP contribution in [0.15, 0.2) is 8.68 Å². The Bertz CT molecular complexity index is 438. The first kappa shape index (κ1) is 14.1. The Balaban J connectivity index is 1.77. The average Bonchev–Trinajstić information content (AvgIpc) is 3.05. The zero-order valence-corrected chi connectivity index (χ0v) is 12.9. The average molecular weight is 300 g/mol. The maximum Gasteiger partial charge on any atom is 0.175 e. The van der Waals surface area contributed by atoms with Crippen LogP contribution in [0, 0.1) is 11.3 Å². The van der Waals surface area contributed by atoms with Gasteiger partial charge < -0.3 is 0 Å². The number of nitrogens with zero attached hydrogens (tertiary/aromatic N) is 3. The normalized spacial score (nSPS) is 18.3. The number of hydrogen-bond donors (Lipinski definition) is 1. The topological polar surface area (TPSA) is 61.6 Å². The molecule has 4 nitrogen and oxygen atoms in total. The van der Waals surface area contributed by atoms with E-state index in [0.29, 0.717) is 6.04 Å². The van der Waals surface area contributed by atoms with Crippen molar-refractivity contribution in [2.24, 2.45) is 0 Å². The Hall–Kier alpha value is -0.290. The van der Waals surface area contributed by atoms with Gasteiger partial charge in [-0.05, 0) is 32.4 Å². The molecule has 1 heterocycles. The van der Waals surface area contributed by atoms with Crippen LogP contribution in [0.25, 0.3) is 0 Å². The van der Waals surface area contributed by atoms with Crippen molar-refractivity contribution in [2.45, 2.75) is 46.4 Å². The summed E-state index contributed by atoms with van der Waals surface area (Å²) in [6.45, 7) is 1.99. The van der Waals surface area contributed by atoms with Crippen molar-refractivity contribution < 1.29 is 0 Å². The monoisotopic (exact) mass is 300 g/mol. The minimum atomic E-state index is -0.402. The van der Waals surface area contributed by atoms with Crippen molar-refractivity contribution in [1.82, 2.24) is 15.5 Å². The molecule has 98 valence electrons. The Labute approximate surface area is 120 Å². The van der Waals surface area contributed by atoms with Gasteiger partial charge in [0, 0.05) is 11.8 Å². The molecule has 0 bridgehead atoms. The number of nitriles is 1. The number of rotatable bonds is 7. The van der Waals surface area contributed by atoms with Crippen molar-refractivity contribution in [3.63, 3.8) is 0 Å². The quantitative estimate of drug-likeness (QED) is 0.781. The summed E-state index contributed by atoms with van der Waals surface area (Å²) in [5.74, 6) is 0.896. The van der Waals surface area contributed by atoms with E-state index in [2.05, 4.69) is 21.6 Å². The van der Waals surface area contributed by atoms with E-state index in [-0.39, 0.29) is 0 Å². The van der Waals surface area contributed by atoms with Crippen molar-refractivity contribution in [3.05, 3.63) is 0 Å². The molecular weight excluding hydrogens is 284 g/mol. The maximum atomic E-state index is 9.25. The number of nitrogens with one attached hydrogen (secondary N) is 1. The van der Waals surface area contributed by atoms with E-state index < -0.39 is 5.54 Å². The summed E-state index contributed by atoms with van der Waals surface area (Å²) >= 11 is 4.92. The molecule has 1 aliphatic carbocycles. The summed E-state index contributed by atoms with van der Waals surface area (Å²) in [6.07, 6.45) is 5.25. The Morgan fingerprint density at radius 1 is 1.50 bits per heavy atom. The molecule has 1 unspecified atom stereocenters. The fourth-order valence-corrected chi connectivity index (χ4v) is 4.19. The molecule has 0 amide bonds. The minimum Gasteiger partial charge on any atom is -0.297 e. The largest absolute Gasteiger partial charge is 0.297 e. The van der Waals surface area contributed by atoms with Gasteiger partial charge in [0.15, 0.2) is 8.68 Å². The summed E-state index contributed by atoms with van der Waals surface area (Å²) in [6, 6.07) is 2.95. The molecule has 1 aliphatic rings. The lowest BCUT2D eigenvalue weighted by Crippen LogP contribution is -2.42. The molecule has 1 fully saturated rings. The third kappa shape index (κ3) is 4.12. The molecule has 2 rings (SSSR count). The zero-order valence-electron chi connectivity index (χ0n) is 10.5. The molecule has 0 aromatic carbocycles. The fraction of sp³-hybridized carbons (Fsp3) is 0.727. The molecule has 18 heavy (non-hydrogen) atoms. The minimum absolute atomic E-state index is 0.402. The van der Waals surface area contributed by atoms with Gasteiger partial charge in [-0.1, -0.05) is 34.9 Å². The third-order valence-corrected chi connectivity index (χ3v) is 5.77. The molecule has 0 radical (unpaired) electrons. The van der Waals surface area contributed by atoms with Crippen molar-refractivity contribution in [3.8, 4) is 6.07 Å². The highest BCUT2D eigenvalue weighted by Gasteiger charge is 2.32. The van der Waals surface area contributed by atoms with E-state index in [1.165, 1.54) is 12.8 Å². The second-order valence-electron chi connectivity index (χ2n) is 4.50. The van der Waals surface area contributed by atoms with Crippen LogP contribution in [-0.4, -0.2) is 33.8 Å². The van der Waals surface area contributed by atoms with Gasteiger partial charge >= 0.3 is 0 Å². The van der Waals surface area contributed by atoms with Crippen LogP contribution in [-0.2, 0) is 0 Å². The fourth-order valence-electron chi connectivity index (χ4n) is 1.52. The second-order valence-corrected chi connectivity index (χ2v) is 7.87. The van der Waals surface area contributed by atoms with Crippen LogP contribution in [0.4, 0.5) is 0 Å². The van der Waals surface area contributed by atoms with Gasteiger partial charge in [-0.15, -0.1) is 10.2 Å². The standard InChI is InChI=1S/C11H16N4S3/c1-11(7-12,13-8-3-4-8)5-6-17-10-15-14-9(16-2)18-10/h8,13H,3-6H2,1-2H3. The summed E-state index contributed by atoms with van der Waals surface area (Å²) < 4.78 is 1.99. The summed E-state index contributed by atoms with van der Waals surface area (Å²) in [5.41, 5.74) is -0.402. The van der Waals surface area contributed by atoms with Crippen LogP contribution in [0.3, 0.4) is 0 Å². The molecular formula is C11H16N4S3. The van der Waals surface area contributed by atoms with E-state index >= 15 is 0 Å². The predicted octanol–water partition coefficient (Wildman–Crippen LogP) is 2.78. The predicted molar refractivity (Wildman–Crippen MR) is 77.2 cm³/mol. The van der Waals surface area contributed by atoms with Crippen LogP contribution in [0.5, 0.6) is 0 Å². The van der Waals surface area contributed by atoms with E-state index in [1.54, 1.807) is 34.9 Å². The van der Waals surface area contributed by atoms with Gasteiger partial charge in [-0.25, -0.2) is 0 Å². The molecule has 0 saturated heterocycles. The molecule has 0 spiro atoms. The highest BCUT2D eigenvalue weighted by Crippen LogP contribution is 2.30. The summed E-state index contributed by atoms with van der Waals surface area (Å²) in [7, 11) is 0. The van der Waals surface area contributed by atoms with Crippen LogP contribution in [0.2, 0.25) is 0 Å². The van der Waals surface area contributed by atoms with Gasteiger partial charge in [0.1, 0.15) is 5.54 Å². The molecule has 0 aliphatic heterocycles. The first-order valence-corrected chi connectivity index (χ1v) is 8.87. The molecule has 1 saturated carbocycles. The first-order valence-electron chi connectivity index (χ1n) is 5.84. The smallest absolute Gasteiger partial charge is 0.175 e. The number of aromatic nitrogens is 2. The van der Waals surface area contributed by atoms with Crippen molar-refractivity contribution in [1.29, 1.82) is 5.26 Å².